The number of aromatic nitrogens is 1. The van der Waals surface area contributed by atoms with Crippen LogP contribution in [0.2, 0.25) is 0 Å². The van der Waals surface area contributed by atoms with Gasteiger partial charge in [-0.05, 0) is 36.4 Å². The second-order valence-electron chi connectivity index (χ2n) is 7.23. The van der Waals surface area contributed by atoms with Crippen LogP contribution in [0.3, 0.4) is 0 Å². The predicted molar refractivity (Wildman–Crippen MR) is 116 cm³/mol. The number of nitrogens with zero attached hydrogens (tertiary/aromatic N) is 3. The second kappa shape index (κ2) is 9.09. The van der Waals surface area contributed by atoms with Crippen molar-refractivity contribution in [1.82, 2.24) is 14.4 Å². The quantitative estimate of drug-likeness (QED) is 0.555. The van der Waals surface area contributed by atoms with Gasteiger partial charge in [0, 0.05) is 37.8 Å². The van der Waals surface area contributed by atoms with Crippen molar-refractivity contribution in [3.8, 4) is 22.8 Å². The first-order valence-electron chi connectivity index (χ1n) is 9.97. The molecule has 0 N–H and O–H groups in total. The Kier molecular flexibility index (Phi) is 6.26. The smallest absolute Gasteiger partial charge is 0.243 e. The molecule has 0 spiro atoms. The Balaban J connectivity index is 1.38. The Morgan fingerprint density at radius 2 is 1.68 bits per heavy atom. The van der Waals surface area contributed by atoms with Crippen LogP contribution in [0.15, 0.2) is 64.0 Å². The van der Waals surface area contributed by atoms with Crippen molar-refractivity contribution in [2.24, 2.45) is 0 Å². The number of piperazine rings is 1. The lowest BCUT2D eigenvalue weighted by molar-refractivity contribution is 0.166. The molecule has 0 radical (unpaired) electrons. The summed E-state index contributed by atoms with van der Waals surface area (Å²) in [5.74, 6) is 2.09. The molecule has 1 fully saturated rings. The van der Waals surface area contributed by atoms with Crippen molar-refractivity contribution in [2.45, 2.75) is 11.4 Å². The minimum Gasteiger partial charge on any atom is -0.497 e. The number of methoxy groups -OCH3 is 2. The molecule has 1 aliphatic rings. The maximum absolute atomic E-state index is 12.9. The summed E-state index contributed by atoms with van der Waals surface area (Å²) in [4.78, 5) is 2.44. The molecule has 2 aromatic carbocycles. The number of para-hydroxylation sites is 1. The Bertz CT molecular complexity index is 1120. The lowest BCUT2D eigenvalue weighted by Crippen LogP contribution is -2.48. The van der Waals surface area contributed by atoms with Gasteiger partial charge in [-0.3, -0.25) is 4.90 Å². The Morgan fingerprint density at radius 3 is 2.35 bits per heavy atom. The molecule has 1 saturated heterocycles. The van der Waals surface area contributed by atoms with Crippen LogP contribution in [0.1, 0.15) is 5.76 Å². The zero-order chi connectivity index (χ0) is 21.8. The maximum atomic E-state index is 12.9. The monoisotopic (exact) mass is 443 g/mol. The first kappa shape index (κ1) is 21.4. The molecule has 3 aromatic rings. The second-order valence-corrected chi connectivity index (χ2v) is 9.17. The van der Waals surface area contributed by atoms with Gasteiger partial charge in [0.2, 0.25) is 10.0 Å². The van der Waals surface area contributed by atoms with Crippen LogP contribution >= 0.6 is 0 Å². The largest absolute Gasteiger partial charge is 0.497 e. The molecule has 0 bridgehead atoms. The van der Waals surface area contributed by atoms with Gasteiger partial charge in [-0.15, -0.1) is 0 Å². The summed E-state index contributed by atoms with van der Waals surface area (Å²) in [5, 5.41) is 4.17. The van der Waals surface area contributed by atoms with E-state index < -0.39 is 10.0 Å². The van der Waals surface area contributed by atoms with Gasteiger partial charge in [0.05, 0.1) is 25.7 Å². The van der Waals surface area contributed by atoms with Crippen molar-refractivity contribution in [1.29, 1.82) is 0 Å². The van der Waals surface area contributed by atoms with Crippen LogP contribution in [-0.4, -0.2) is 63.2 Å². The zero-order valence-electron chi connectivity index (χ0n) is 17.5. The molecule has 0 aliphatic carbocycles. The average Bonchev–Trinajstić information content (AvgIpc) is 3.27. The molecule has 2 heterocycles. The summed E-state index contributed by atoms with van der Waals surface area (Å²) in [7, 11) is -0.345. The van der Waals surface area contributed by atoms with Gasteiger partial charge < -0.3 is 14.0 Å². The Labute approximate surface area is 182 Å². The van der Waals surface area contributed by atoms with Crippen molar-refractivity contribution >= 4 is 10.0 Å². The van der Waals surface area contributed by atoms with Crippen LogP contribution in [0.25, 0.3) is 11.3 Å². The van der Waals surface area contributed by atoms with E-state index in [1.54, 1.807) is 38.5 Å². The topological polar surface area (TPSA) is 85.1 Å². The standard InChI is InChI=1S/C22H25N3O5S/c1-28-17-7-9-19(10-8-17)31(26,27)25-13-11-24(12-14-25)16-18-15-21(23-30-18)20-5-3-4-6-22(20)29-2/h3-10,15H,11-14,16H2,1-2H3. The highest BCUT2D eigenvalue weighted by molar-refractivity contribution is 7.89. The fraction of sp³-hybridized carbons (Fsp3) is 0.318. The van der Waals surface area contributed by atoms with E-state index in [9.17, 15) is 8.42 Å². The highest BCUT2D eigenvalue weighted by Gasteiger charge is 2.29. The third-order valence-corrected chi connectivity index (χ3v) is 7.26. The molecule has 9 heteroatoms. The molecular weight excluding hydrogens is 418 g/mol. The van der Waals surface area contributed by atoms with E-state index >= 15 is 0 Å². The summed E-state index contributed by atoms with van der Waals surface area (Å²) in [6.45, 7) is 2.63. The van der Waals surface area contributed by atoms with Gasteiger partial charge in [0.15, 0.2) is 5.76 Å². The molecule has 1 aliphatic heterocycles. The van der Waals surface area contributed by atoms with E-state index in [1.165, 1.54) is 4.31 Å². The first-order chi connectivity index (χ1) is 15.0. The van der Waals surface area contributed by atoms with E-state index in [-0.39, 0.29) is 4.90 Å². The first-order valence-corrected chi connectivity index (χ1v) is 11.4. The highest BCUT2D eigenvalue weighted by Crippen LogP contribution is 2.29. The van der Waals surface area contributed by atoms with Crippen molar-refractivity contribution < 1.29 is 22.4 Å². The van der Waals surface area contributed by atoms with E-state index in [0.717, 1.165) is 17.1 Å². The third-order valence-electron chi connectivity index (χ3n) is 5.35. The predicted octanol–water partition coefficient (Wildman–Crippen LogP) is 2.87. The molecule has 0 unspecified atom stereocenters. The summed E-state index contributed by atoms with van der Waals surface area (Å²) in [6, 6.07) is 16.0. The zero-order valence-corrected chi connectivity index (χ0v) is 18.3. The Morgan fingerprint density at radius 1 is 0.968 bits per heavy atom. The van der Waals surface area contributed by atoms with Crippen molar-refractivity contribution in [3.63, 3.8) is 0 Å². The van der Waals surface area contributed by atoms with E-state index in [4.69, 9.17) is 14.0 Å². The van der Waals surface area contributed by atoms with Crippen LogP contribution in [0.4, 0.5) is 0 Å². The molecule has 0 atom stereocenters. The maximum Gasteiger partial charge on any atom is 0.243 e. The molecule has 0 saturated carbocycles. The van der Waals surface area contributed by atoms with Gasteiger partial charge in [0.25, 0.3) is 0 Å². The Hall–Kier alpha value is -2.88. The average molecular weight is 444 g/mol. The minimum atomic E-state index is -3.52. The number of benzene rings is 2. The van der Waals surface area contributed by atoms with Gasteiger partial charge in [-0.2, -0.15) is 4.31 Å². The van der Waals surface area contributed by atoms with Gasteiger partial charge in [0.1, 0.15) is 17.2 Å². The highest BCUT2D eigenvalue weighted by atomic mass is 32.2. The molecule has 0 amide bonds. The van der Waals surface area contributed by atoms with E-state index in [2.05, 4.69) is 10.1 Å². The van der Waals surface area contributed by atoms with Gasteiger partial charge in [-0.1, -0.05) is 17.3 Å². The van der Waals surface area contributed by atoms with Crippen LogP contribution in [-0.2, 0) is 16.6 Å². The van der Waals surface area contributed by atoms with Crippen molar-refractivity contribution in [2.75, 3.05) is 40.4 Å². The van der Waals surface area contributed by atoms with Gasteiger partial charge in [-0.25, -0.2) is 8.42 Å². The third kappa shape index (κ3) is 4.58. The molecule has 164 valence electrons. The van der Waals surface area contributed by atoms with Crippen LogP contribution < -0.4 is 9.47 Å². The molecule has 4 rings (SSSR count). The molecule has 31 heavy (non-hydrogen) atoms. The number of ether oxygens (including phenoxy) is 2. The van der Waals surface area contributed by atoms with E-state index in [0.29, 0.717) is 44.2 Å². The van der Waals surface area contributed by atoms with Crippen molar-refractivity contribution in [3.05, 3.63) is 60.4 Å². The number of hydrogen-bond acceptors (Lipinski definition) is 7. The molecule has 8 nitrogen and oxygen atoms in total. The number of sulfonamides is 1. The number of rotatable bonds is 7. The summed E-state index contributed by atoms with van der Waals surface area (Å²) in [5.41, 5.74) is 1.59. The molecule has 1 aromatic heterocycles. The normalized spacial score (nSPS) is 15.7. The summed E-state index contributed by atoms with van der Waals surface area (Å²) in [6.07, 6.45) is 0. The SMILES string of the molecule is COc1ccc(S(=O)(=O)N2CCN(Cc3cc(-c4ccccc4OC)no3)CC2)cc1. The summed E-state index contributed by atoms with van der Waals surface area (Å²) >= 11 is 0. The minimum absolute atomic E-state index is 0.276. The van der Waals surface area contributed by atoms with E-state index in [1.807, 2.05) is 30.3 Å². The fourth-order valence-electron chi connectivity index (χ4n) is 3.62. The lowest BCUT2D eigenvalue weighted by atomic mass is 10.1. The lowest BCUT2D eigenvalue weighted by Gasteiger charge is -2.33. The molecular formula is C22H25N3O5S. The summed E-state index contributed by atoms with van der Waals surface area (Å²) < 4.78 is 43.3. The van der Waals surface area contributed by atoms with Crippen LogP contribution in [0.5, 0.6) is 11.5 Å². The van der Waals surface area contributed by atoms with Gasteiger partial charge >= 0.3 is 0 Å². The number of hydrogen-bond donors (Lipinski definition) is 0. The van der Waals surface area contributed by atoms with Crippen LogP contribution in [0, 0.1) is 0 Å². The fourth-order valence-corrected chi connectivity index (χ4v) is 5.04.